The van der Waals surface area contributed by atoms with E-state index in [2.05, 4.69) is 0 Å². The molecule has 0 saturated heterocycles. The first-order valence-electron chi connectivity index (χ1n) is 6.57. The first kappa shape index (κ1) is 16.2. The Hall–Kier alpha value is -1.88. The average Bonchev–Trinajstić information content (AvgIpc) is 2.46. The molecular weight excluding hydrogens is 256 g/mol. The molecule has 0 aliphatic heterocycles. The van der Waals surface area contributed by atoms with Gasteiger partial charge in [0, 0.05) is 19.7 Å². The minimum atomic E-state index is -0.00520. The number of Topliss-reactive ketones (excluding diaryl/α,β-unsaturated/α-hetero) is 1. The van der Waals surface area contributed by atoms with Crippen LogP contribution in [0.5, 0.6) is 5.75 Å². The van der Waals surface area contributed by atoms with Crippen LogP contribution >= 0.6 is 0 Å². The Morgan fingerprint density at radius 1 is 1.10 bits per heavy atom. The van der Waals surface area contributed by atoms with Crippen molar-refractivity contribution in [3.05, 3.63) is 29.8 Å². The van der Waals surface area contributed by atoms with Gasteiger partial charge in [-0.3, -0.25) is 14.5 Å². The maximum absolute atomic E-state index is 12.2. The van der Waals surface area contributed by atoms with Gasteiger partial charge in [0.05, 0.1) is 20.2 Å². The molecule has 1 rings (SSSR count). The van der Waals surface area contributed by atoms with Crippen molar-refractivity contribution in [1.82, 2.24) is 9.80 Å². The Balaban J connectivity index is 2.64. The fraction of sp³-hybridized carbons (Fsp3) is 0.467. The molecular formula is C15H22N2O3. The third-order valence-electron chi connectivity index (χ3n) is 3.08. The first-order chi connectivity index (χ1) is 9.47. The van der Waals surface area contributed by atoms with Gasteiger partial charge in [0.1, 0.15) is 5.75 Å². The molecule has 0 N–H and O–H groups in total. The summed E-state index contributed by atoms with van der Waals surface area (Å²) in [5, 5.41) is 0. The molecule has 0 spiro atoms. The van der Waals surface area contributed by atoms with Crippen LogP contribution in [0.1, 0.15) is 17.3 Å². The third kappa shape index (κ3) is 4.66. The van der Waals surface area contributed by atoms with E-state index in [-0.39, 0.29) is 24.8 Å². The van der Waals surface area contributed by atoms with Gasteiger partial charge >= 0.3 is 0 Å². The van der Waals surface area contributed by atoms with Crippen LogP contribution in [0.4, 0.5) is 0 Å². The van der Waals surface area contributed by atoms with Crippen LogP contribution < -0.4 is 4.74 Å². The van der Waals surface area contributed by atoms with E-state index in [1.165, 1.54) is 4.90 Å². The maximum Gasteiger partial charge on any atom is 0.236 e. The molecule has 0 aromatic heterocycles. The molecule has 5 heteroatoms. The van der Waals surface area contributed by atoms with Gasteiger partial charge in [-0.25, -0.2) is 0 Å². The van der Waals surface area contributed by atoms with Crippen LogP contribution in [-0.4, -0.2) is 62.3 Å². The highest BCUT2D eigenvalue weighted by Gasteiger charge is 2.15. The van der Waals surface area contributed by atoms with E-state index < -0.39 is 0 Å². The Morgan fingerprint density at radius 2 is 1.70 bits per heavy atom. The molecule has 1 aromatic rings. The van der Waals surface area contributed by atoms with Crippen molar-refractivity contribution in [3.8, 4) is 5.75 Å². The quantitative estimate of drug-likeness (QED) is 0.705. The molecule has 110 valence electrons. The van der Waals surface area contributed by atoms with Crippen LogP contribution in [-0.2, 0) is 4.79 Å². The highest BCUT2D eigenvalue weighted by atomic mass is 16.5. The first-order valence-corrected chi connectivity index (χ1v) is 6.57. The Kier molecular flexibility index (Phi) is 6.18. The molecule has 1 amide bonds. The van der Waals surface area contributed by atoms with E-state index in [1.807, 2.05) is 11.8 Å². The Labute approximate surface area is 120 Å². The normalized spacial score (nSPS) is 10.4. The second-order valence-electron chi connectivity index (χ2n) is 4.74. The fourth-order valence-electron chi connectivity index (χ4n) is 1.68. The van der Waals surface area contributed by atoms with E-state index in [1.54, 1.807) is 45.5 Å². The highest BCUT2D eigenvalue weighted by Crippen LogP contribution is 2.12. The molecule has 0 aliphatic rings. The van der Waals surface area contributed by atoms with Crippen molar-refractivity contribution in [2.45, 2.75) is 6.92 Å². The molecule has 0 unspecified atom stereocenters. The summed E-state index contributed by atoms with van der Waals surface area (Å²) in [7, 11) is 5.01. The highest BCUT2D eigenvalue weighted by molar-refractivity contribution is 5.98. The maximum atomic E-state index is 12.2. The fourth-order valence-corrected chi connectivity index (χ4v) is 1.68. The van der Waals surface area contributed by atoms with Crippen molar-refractivity contribution < 1.29 is 14.3 Å². The van der Waals surface area contributed by atoms with E-state index in [0.29, 0.717) is 12.1 Å². The van der Waals surface area contributed by atoms with E-state index >= 15 is 0 Å². The number of hydrogen-bond donors (Lipinski definition) is 0. The number of carbonyl (C=O) groups is 2. The van der Waals surface area contributed by atoms with Crippen LogP contribution in [0, 0.1) is 0 Å². The lowest BCUT2D eigenvalue weighted by atomic mass is 10.1. The van der Waals surface area contributed by atoms with Gasteiger partial charge in [0.2, 0.25) is 5.91 Å². The molecule has 0 bridgehead atoms. The summed E-state index contributed by atoms with van der Waals surface area (Å²) in [4.78, 5) is 27.2. The van der Waals surface area contributed by atoms with Gasteiger partial charge in [-0.2, -0.15) is 0 Å². The standard InChI is InChI=1S/C15H22N2O3/c1-5-17(11-15(19)16(2)3)10-14(18)12-6-8-13(20-4)9-7-12/h6-9H,5,10-11H2,1-4H3. The summed E-state index contributed by atoms with van der Waals surface area (Å²) in [5.74, 6) is 0.715. The van der Waals surface area contributed by atoms with Gasteiger partial charge in [-0.1, -0.05) is 6.92 Å². The molecule has 0 saturated carbocycles. The molecule has 0 aliphatic carbocycles. The predicted molar refractivity (Wildman–Crippen MR) is 78.1 cm³/mol. The zero-order valence-corrected chi connectivity index (χ0v) is 12.5. The van der Waals surface area contributed by atoms with Gasteiger partial charge < -0.3 is 9.64 Å². The van der Waals surface area contributed by atoms with E-state index in [9.17, 15) is 9.59 Å². The monoisotopic (exact) mass is 278 g/mol. The summed E-state index contributed by atoms with van der Waals surface area (Å²) in [6.07, 6.45) is 0. The van der Waals surface area contributed by atoms with Gasteiger partial charge in [-0.05, 0) is 30.8 Å². The summed E-state index contributed by atoms with van der Waals surface area (Å²) in [6.45, 7) is 3.08. The number of benzene rings is 1. The number of amides is 1. The van der Waals surface area contributed by atoms with E-state index in [0.717, 1.165) is 5.75 Å². The largest absolute Gasteiger partial charge is 0.497 e. The van der Waals surface area contributed by atoms with Gasteiger partial charge in [0.15, 0.2) is 5.78 Å². The number of ether oxygens (including phenoxy) is 1. The van der Waals surface area contributed by atoms with Crippen LogP contribution in [0.2, 0.25) is 0 Å². The lowest BCUT2D eigenvalue weighted by Gasteiger charge is -2.21. The smallest absolute Gasteiger partial charge is 0.236 e. The van der Waals surface area contributed by atoms with Crippen LogP contribution in [0.15, 0.2) is 24.3 Å². The number of ketones is 1. The number of methoxy groups -OCH3 is 1. The second kappa shape index (κ2) is 7.65. The minimum absolute atomic E-state index is 0.000981. The number of hydrogen-bond acceptors (Lipinski definition) is 4. The number of likely N-dealkylation sites (N-methyl/N-ethyl adjacent to an activating group) is 2. The van der Waals surface area contributed by atoms with Gasteiger partial charge in [0.25, 0.3) is 0 Å². The van der Waals surface area contributed by atoms with Crippen molar-refractivity contribution in [2.75, 3.05) is 40.8 Å². The third-order valence-corrected chi connectivity index (χ3v) is 3.08. The number of rotatable bonds is 7. The molecule has 0 heterocycles. The van der Waals surface area contributed by atoms with Crippen LogP contribution in [0.3, 0.4) is 0 Å². The summed E-state index contributed by atoms with van der Waals surface area (Å²) in [5.41, 5.74) is 0.626. The second-order valence-corrected chi connectivity index (χ2v) is 4.74. The minimum Gasteiger partial charge on any atom is -0.497 e. The SMILES string of the molecule is CCN(CC(=O)c1ccc(OC)cc1)CC(=O)N(C)C. The lowest BCUT2D eigenvalue weighted by Crippen LogP contribution is -2.39. The zero-order chi connectivity index (χ0) is 15.1. The predicted octanol–water partition coefficient (Wildman–Crippen LogP) is 1.29. The summed E-state index contributed by atoms with van der Waals surface area (Å²) in [6, 6.07) is 6.99. The van der Waals surface area contributed by atoms with E-state index in [4.69, 9.17) is 4.74 Å². The molecule has 5 nitrogen and oxygen atoms in total. The van der Waals surface area contributed by atoms with Crippen molar-refractivity contribution in [2.24, 2.45) is 0 Å². The van der Waals surface area contributed by atoms with Crippen LogP contribution in [0.25, 0.3) is 0 Å². The zero-order valence-electron chi connectivity index (χ0n) is 12.5. The molecule has 20 heavy (non-hydrogen) atoms. The number of carbonyl (C=O) groups excluding carboxylic acids is 2. The van der Waals surface area contributed by atoms with Crippen molar-refractivity contribution in [1.29, 1.82) is 0 Å². The van der Waals surface area contributed by atoms with Crippen molar-refractivity contribution in [3.63, 3.8) is 0 Å². The topological polar surface area (TPSA) is 49.9 Å². The van der Waals surface area contributed by atoms with Gasteiger partial charge in [-0.15, -0.1) is 0 Å². The summed E-state index contributed by atoms with van der Waals surface area (Å²) >= 11 is 0. The number of nitrogens with zero attached hydrogens (tertiary/aromatic N) is 2. The Bertz CT molecular complexity index is 455. The van der Waals surface area contributed by atoms with Crippen molar-refractivity contribution >= 4 is 11.7 Å². The lowest BCUT2D eigenvalue weighted by molar-refractivity contribution is -0.129. The average molecular weight is 278 g/mol. The molecule has 0 fully saturated rings. The molecule has 0 atom stereocenters. The Morgan fingerprint density at radius 3 is 2.15 bits per heavy atom. The molecule has 1 aromatic carbocycles. The molecule has 0 radical (unpaired) electrons. The summed E-state index contributed by atoms with van der Waals surface area (Å²) < 4.78 is 5.06.